The quantitative estimate of drug-likeness (QED) is 0.317. The summed E-state index contributed by atoms with van der Waals surface area (Å²) in [7, 11) is 0. The van der Waals surface area contributed by atoms with Crippen LogP contribution in [0, 0.1) is 11.8 Å². The first-order valence-corrected chi connectivity index (χ1v) is 11.8. The second kappa shape index (κ2) is 7.86. The number of hydrogen-bond acceptors (Lipinski definition) is 2. The van der Waals surface area contributed by atoms with Gasteiger partial charge in [-0.1, -0.05) is 74.0 Å². The van der Waals surface area contributed by atoms with Crippen LogP contribution in [0.4, 0.5) is 0 Å². The highest BCUT2D eigenvalue weighted by Crippen LogP contribution is 2.39. The van der Waals surface area contributed by atoms with Crippen LogP contribution in [0.1, 0.15) is 25.5 Å². The molecule has 1 aliphatic rings. The van der Waals surface area contributed by atoms with Crippen LogP contribution in [0.3, 0.4) is 0 Å². The lowest BCUT2D eigenvalue weighted by atomic mass is 9.85. The van der Waals surface area contributed by atoms with Crippen molar-refractivity contribution >= 4 is 38.4 Å². The standard InChI is InChI=1S/C29H24ClN3/c1-18-19(2)28(32-24-12-8-16-31-29(24)27(18)30)20-14-15-23-22-11-6-7-13-25(22)33(26(23)17-20)21-9-4-3-5-10-21/h3-19,28H,1-2H3. The summed E-state index contributed by atoms with van der Waals surface area (Å²) in [5.41, 5.74) is 4.76. The summed E-state index contributed by atoms with van der Waals surface area (Å²) in [6.45, 7) is 4.42. The lowest BCUT2D eigenvalue weighted by Gasteiger charge is -2.25. The van der Waals surface area contributed by atoms with Crippen molar-refractivity contribution in [3.8, 4) is 5.69 Å². The van der Waals surface area contributed by atoms with Crippen molar-refractivity contribution in [2.45, 2.75) is 19.9 Å². The first-order chi connectivity index (χ1) is 16.1. The number of fused-ring (bicyclic) bond motifs is 4. The summed E-state index contributed by atoms with van der Waals surface area (Å²) < 4.78 is 2.35. The molecule has 0 bridgehead atoms. The van der Waals surface area contributed by atoms with Gasteiger partial charge in [0.15, 0.2) is 0 Å². The number of pyridine rings is 1. The molecule has 3 aromatic carbocycles. The van der Waals surface area contributed by atoms with Crippen molar-refractivity contribution in [1.82, 2.24) is 9.55 Å². The van der Waals surface area contributed by atoms with Crippen molar-refractivity contribution in [3.05, 3.63) is 107 Å². The smallest absolute Gasteiger partial charge is 0.103 e. The van der Waals surface area contributed by atoms with Crippen LogP contribution in [0.25, 0.3) is 32.5 Å². The molecule has 0 fully saturated rings. The van der Waals surface area contributed by atoms with Crippen molar-refractivity contribution in [1.29, 1.82) is 0 Å². The van der Waals surface area contributed by atoms with Gasteiger partial charge in [-0.2, -0.15) is 0 Å². The van der Waals surface area contributed by atoms with Crippen molar-refractivity contribution in [3.63, 3.8) is 0 Å². The largest absolute Gasteiger partial charge is 0.309 e. The second-order valence-corrected chi connectivity index (χ2v) is 9.31. The molecule has 4 heteroatoms. The van der Waals surface area contributed by atoms with E-state index in [1.165, 1.54) is 27.4 Å². The van der Waals surface area contributed by atoms with Crippen LogP contribution in [-0.4, -0.2) is 9.55 Å². The van der Waals surface area contributed by atoms with Gasteiger partial charge in [-0.25, -0.2) is 0 Å². The Labute approximate surface area is 197 Å². The van der Waals surface area contributed by atoms with E-state index in [0.29, 0.717) is 0 Å². The minimum atomic E-state index is -0.00849. The van der Waals surface area contributed by atoms with Gasteiger partial charge in [0.2, 0.25) is 0 Å². The van der Waals surface area contributed by atoms with E-state index in [9.17, 15) is 0 Å². The first-order valence-electron chi connectivity index (χ1n) is 11.4. The molecular weight excluding hydrogens is 426 g/mol. The predicted molar refractivity (Wildman–Crippen MR) is 136 cm³/mol. The molecule has 0 N–H and O–H groups in total. The van der Waals surface area contributed by atoms with Crippen LogP contribution in [0.2, 0.25) is 0 Å². The molecule has 0 saturated heterocycles. The highest BCUT2D eigenvalue weighted by atomic mass is 35.5. The lowest BCUT2D eigenvalue weighted by Crippen LogP contribution is -2.29. The summed E-state index contributed by atoms with van der Waals surface area (Å²) in [4.78, 5) is 9.72. The lowest BCUT2D eigenvalue weighted by molar-refractivity contribution is 0.395. The average molecular weight is 450 g/mol. The molecule has 5 aromatic rings. The van der Waals surface area contributed by atoms with Crippen LogP contribution in [0.15, 0.2) is 96.1 Å². The third-order valence-electron chi connectivity index (χ3n) is 7.03. The molecule has 0 saturated carbocycles. The average Bonchev–Trinajstić information content (AvgIpc) is 3.16. The summed E-state index contributed by atoms with van der Waals surface area (Å²) in [6, 6.07) is 29.9. The summed E-state index contributed by atoms with van der Waals surface area (Å²) >= 11 is 6.79. The maximum Gasteiger partial charge on any atom is 0.103 e. The Hall–Kier alpha value is -3.43. The summed E-state index contributed by atoms with van der Waals surface area (Å²) in [6.07, 6.45) is 1.79. The predicted octanol–water partition coefficient (Wildman–Crippen LogP) is 6.17. The van der Waals surface area contributed by atoms with E-state index in [-0.39, 0.29) is 17.9 Å². The van der Waals surface area contributed by atoms with Crippen molar-refractivity contribution < 1.29 is 0 Å². The molecule has 2 aromatic heterocycles. The zero-order valence-electron chi connectivity index (χ0n) is 18.6. The molecule has 0 aliphatic carbocycles. The molecule has 3 unspecified atom stereocenters. The molecule has 1 aliphatic heterocycles. The number of halogens is 1. The number of hydrogen-bond donors (Lipinski definition) is 0. The zero-order valence-corrected chi connectivity index (χ0v) is 19.4. The van der Waals surface area contributed by atoms with Gasteiger partial charge in [0, 0.05) is 27.7 Å². The van der Waals surface area contributed by atoms with Crippen molar-refractivity contribution in [2.75, 3.05) is 0 Å². The normalized spacial score (nSPS) is 20.5. The fourth-order valence-electron chi connectivity index (χ4n) is 5.08. The van der Waals surface area contributed by atoms with Crippen LogP contribution >= 0.6 is 11.6 Å². The minimum Gasteiger partial charge on any atom is -0.309 e. The molecule has 0 spiro atoms. The van der Waals surface area contributed by atoms with E-state index in [0.717, 1.165) is 21.4 Å². The SMILES string of the molecule is CC1C(Cl)=c2ncccc2=NC(c2ccc3c4ccccc4n(-c4ccccc4)c3c2)C1C. The molecule has 0 radical (unpaired) electrons. The van der Waals surface area contributed by atoms with Crippen LogP contribution < -0.4 is 10.7 Å². The molecule has 162 valence electrons. The van der Waals surface area contributed by atoms with Crippen LogP contribution in [0.5, 0.6) is 0 Å². The first kappa shape index (κ1) is 20.2. The Morgan fingerprint density at radius 1 is 0.788 bits per heavy atom. The molecule has 0 amide bonds. The third-order valence-corrected chi connectivity index (χ3v) is 7.55. The van der Waals surface area contributed by atoms with Gasteiger partial charge in [-0.05, 0) is 53.8 Å². The molecule has 33 heavy (non-hydrogen) atoms. The number of nitrogens with zero attached hydrogens (tertiary/aromatic N) is 3. The minimum absolute atomic E-state index is 0.00849. The Morgan fingerprint density at radius 3 is 2.39 bits per heavy atom. The molecule has 3 heterocycles. The summed E-state index contributed by atoms with van der Waals surface area (Å²) in [5.74, 6) is 0.394. The Bertz CT molecular complexity index is 1620. The molecule has 3 atom stereocenters. The maximum atomic E-state index is 6.79. The number of aromatic nitrogens is 2. The number of rotatable bonds is 2. The Balaban J connectivity index is 1.63. The van der Waals surface area contributed by atoms with E-state index in [2.05, 4.69) is 96.2 Å². The topological polar surface area (TPSA) is 30.2 Å². The van der Waals surface area contributed by atoms with Gasteiger partial charge >= 0.3 is 0 Å². The molecular formula is C29H24ClN3. The van der Waals surface area contributed by atoms with Gasteiger partial charge < -0.3 is 4.57 Å². The molecule has 6 rings (SSSR count). The van der Waals surface area contributed by atoms with Gasteiger partial charge in [-0.3, -0.25) is 9.98 Å². The second-order valence-electron chi connectivity index (χ2n) is 8.91. The fraction of sp³-hybridized carbons (Fsp3) is 0.172. The van der Waals surface area contributed by atoms with E-state index in [1.54, 1.807) is 6.20 Å². The van der Waals surface area contributed by atoms with E-state index >= 15 is 0 Å². The maximum absolute atomic E-state index is 6.79. The zero-order chi connectivity index (χ0) is 22.5. The summed E-state index contributed by atoms with van der Waals surface area (Å²) in [5, 5.41) is 4.98. The van der Waals surface area contributed by atoms with E-state index in [1.807, 2.05) is 12.1 Å². The highest BCUT2D eigenvalue weighted by Gasteiger charge is 2.29. The highest BCUT2D eigenvalue weighted by molar-refractivity contribution is 6.45. The monoisotopic (exact) mass is 449 g/mol. The van der Waals surface area contributed by atoms with Gasteiger partial charge in [-0.15, -0.1) is 0 Å². The Kier molecular flexibility index (Phi) is 4.81. The Morgan fingerprint density at radius 2 is 1.55 bits per heavy atom. The third kappa shape index (κ3) is 3.19. The van der Waals surface area contributed by atoms with Crippen LogP contribution in [-0.2, 0) is 0 Å². The van der Waals surface area contributed by atoms with E-state index < -0.39 is 0 Å². The van der Waals surface area contributed by atoms with E-state index in [4.69, 9.17) is 16.6 Å². The fourth-order valence-corrected chi connectivity index (χ4v) is 5.42. The molecule has 3 nitrogen and oxygen atoms in total. The van der Waals surface area contributed by atoms with Crippen molar-refractivity contribution in [2.24, 2.45) is 16.8 Å². The number of para-hydroxylation sites is 2. The van der Waals surface area contributed by atoms with Gasteiger partial charge in [0.05, 0.1) is 22.4 Å². The van der Waals surface area contributed by atoms with Gasteiger partial charge in [0.1, 0.15) is 5.35 Å². The van der Waals surface area contributed by atoms with Gasteiger partial charge in [0.25, 0.3) is 0 Å². The number of benzene rings is 3.